The highest BCUT2D eigenvalue weighted by Crippen LogP contribution is 2.13. The molecule has 0 heterocycles. The summed E-state index contributed by atoms with van der Waals surface area (Å²) in [5, 5.41) is 12.2. The first-order valence-corrected chi connectivity index (χ1v) is 5.32. The number of hydrogen-bond donors (Lipinski definition) is 2. The summed E-state index contributed by atoms with van der Waals surface area (Å²) in [4.78, 5) is 0. The van der Waals surface area contributed by atoms with Crippen LogP contribution in [0.25, 0.3) is 0 Å². The van der Waals surface area contributed by atoms with Gasteiger partial charge >= 0.3 is 0 Å². The van der Waals surface area contributed by atoms with Crippen LogP contribution in [0.2, 0.25) is 0 Å². The zero-order chi connectivity index (χ0) is 11.9. The Kier molecular flexibility index (Phi) is 6.36. The van der Waals surface area contributed by atoms with Gasteiger partial charge in [-0.15, -0.1) is 0 Å². The zero-order valence-electron chi connectivity index (χ0n) is 10.6. The largest absolute Gasteiger partial charge is 0.394 e. The van der Waals surface area contributed by atoms with Crippen molar-refractivity contribution >= 4 is 0 Å². The van der Waals surface area contributed by atoms with E-state index in [1.54, 1.807) is 7.11 Å². The Morgan fingerprint density at radius 1 is 1.27 bits per heavy atom. The van der Waals surface area contributed by atoms with E-state index in [0.717, 1.165) is 6.42 Å². The lowest BCUT2D eigenvalue weighted by molar-refractivity contribution is -0.0216. The number of likely N-dealkylation sites (N-methyl/N-ethyl adjacent to an activating group) is 1. The molecule has 0 aliphatic heterocycles. The number of aliphatic hydroxyl groups excluding tert-OH is 1. The number of aliphatic hydroxyl groups is 1. The van der Waals surface area contributed by atoms with Gasteiger partial charge in [-0.25, -0.2) is 0 Å². The van der Waals surface area contributed by atoms with E-state index >= 15 is 0 Å². The fraction of sp³-hybridized carbons (Fsp3) is 1.00. The standard InChI is InChI=1S/C11H25NO3/c1-10(2,14-5)6-7-15-9-11(3,8-13)12-4/h12-13H,6-9H2,1-5H3. The summed E-state index contributed by atoms with van der Waals surface area (Å²) in [6.07, 6.45) is 0.842. The molecule has 1 unspecified atom stereocenters. The molecule has 0 bridgehead atoms. The first kappa shape index (κ1) is 14.8. The Bertz CT molecular complexity index is 167. The van der Waals surface area contributed by atoms with Crippen molar-refractivity contribution < 1.29 is 14.6 Å². The van der Waals surface area contributed by atoms with E-state index in [-0.39, 0.29) is 17.7 Å². The van der Waals surface area contributed by atoms with Crippen molar-refractivity contribution in [1.82, 2.24) is 5.32 Å². The lowest BCUT2D eigenvalue weighted by atomic mass is 10.1. The lowest BCUT2D eigenvalue weighted by Gasteiger charge is -2.28. The predicted octanol–water partition coefficient (Wildman–Crippen LogP) is 0.788. The molecule has 0 aromatic heterocycles. The molecule has 0 aromatic carbocycles. The molecule has 15 heavy (non-hydrogen) atoms. The third-order valence-electron chi connectivity index (χ3n) is 2.77. The monoisotopic (exact) mass is 219 g/mol. The minimum Gasteiger partial charge on any atom is -0.394 e. The summed E-state index contributed by atoms with van der Waals surface area (Å²) in [6, 6.07) is 0. The summed E-state index contributed by atoms with van der Waals surface area (Å²) < 4.78 is 10.8. The van der Waals surface area contributed by atoms with E-state index in [1.165, 1.54) is 0 Å². The first-order valence-electron chi connectivity index (χ1n) is 5.32. The Hall–Kier alpha value is -0.160. The van der Waals surface area contributed by atoms with Crippen LogP contribution in [0.4, 0.5) is 0 Å². The van der Waals surface area contributed by atoms with Gasteiger partial charge in [0.25, 0.3) is 0 Å². The summed E-state index contributed by atoms with van der Waals surface area (Å²) in [5.41, 5.74) is -0.494. The second kappa shape index (κ2) is 6.43. The molecule has 4 heteroatoms. The van der Waals surface area contributed by atoms with Gasteiger partial charge in [0.1, 0.15) is 0 Å². The topological polar surface area (TPSA) is 50.7 Å². The summed E-state index contributed by atoms with van der Waals surface area (Å²) in [5.74, 6) is 0. The van der Waals surface area contributed by atoms with Crippen LogP contribution >= 0.6 is 0 Å². The average molecular weight is 219 g/mol. The second-order valence-corrected chi connectivity index (χ2v) is 4.74. The van der Waals surface area contributed by atoms with E-state index in [4.69, 9.17) is 14.6 Å². The van der Waals surface area contributed by atoms with Crippen LogP contribution in [-0.2, 0) is 9.47 Å². The highest BCUT2D eigenvalue weighted by molar-refractivity contribution is 4.80. The minimum absolute atomic E-state index is 0.0666. The van der Waals surface area contributed by atoms with Gasteiger partial charge in [-0.2, -0.15) is 0 Å². The van der Waals surface area contributed by atoms with Crippen LogP contribution in [0.1, 0.15) is 27.2 Å². The van der Waals surface area contributed by atoms with Crippen molar-refractivity contribution in [3.8, 4) is 0 Å². The number of ether oxygens (including phenoxy) is 2. The lowest BCUT2D eigenvalue weighted by Crippen LogP contribution is -2.47. The number of hydrogen-bond acceptors (Lipinski definition) is 4. The third kappa shape index (κ3) is 6.10. The Labute approximate surface area is 93.0 Å². The molecule has 0 aliphatic carbocycles. The first-order chi connectivity index (χ1) is 6.89. The number of methoxy groups -OCH3 is 1. The van der Waals surface area contributed by atoms with Crippen LogP contribution in [0, 0.1) is 0 Å². The van der Waals surface area contributed by atoms with Gasteiger partial charge < -0.3 is 19.9 Å². The molecule has 0 saturated carbocycles. The molecule has 1 atom stereocenters. The summed E-state index contributed by atoms with van der Waals surface area (Å²) in [6.45, 7) is 7.18. The maximum atomic E-state index is 9.12. The Morgan fingerprint density at radius 2 is 1.87 bits per heavy atom. The van der Waals surface area contributed by atoms with Crippen LogP contribution in [0.3, 0.4) is 0 Å². The van der Waals surface area contributed by atoms with Crippen molar-refractivity contribution in [2.75, 3.05) is 34.0 Å². The number of nitrogens with one attached hydrogen (secondary N) is 1. The van der Waals surface area contributed by atoms with Crippen LogP contribution < -0.4 is 5.32 Å². The van der Waals surface area contributed by atoms with Crippen molar-refractivity contribution in [3.63, 3.8) is 0 Å². The second-order valence-electron chi connectivity index (χ2n) is 4.74. The van der Waals surface area contributed by atoms with Crippen LogP contribution in [0.15, 0.2) is 0 Å². The molecule has 0 fully saturated rings. The molecule has 0 aliphatic rings. The maximum Gasteiger partial charge on any atom is 0.0668 e. The van der Waals surface area contributed by atoms with E-state index in [9.17, 15) is 0 Å². The zero-order valence-corrected chi connectivity index (χ0v) is 10.6. The fourth-order valence-corrected chi connectivity index (χ4v) is 0.914. The molecule has 0 saturated heterocycles. The molecule has 0 radical (unpaired) electrons. The SMILES string of the molecule is CNC(C)(CO)COCCC(C)(C)OC. The molecule has 0 rings (SSSR count). The molecule has 4 nitrogen and oxygen atoms in total. The molecule has 92 valence electrons. The fourth-order valence-electron chi connectivity index (χ4n) is 0.914. The smallest absolute Gasteiger partial charge is 0.0668 e. The normalized spacial score (nSPS) is 16.4. The molecule has 0 amide bonds. The highest BCUT2D eigenvalue weighted by Gasteiger charge is 2.22. The Morgan fingerprint density at radius 3 is 2.27 bits per heavy atom. The van der Waals surface area contributed by atoms with E-state index in [0.29, 0.717) is 13.2 Å². The molecule has 0 aromatic rings. The van der Waals surface area contributed by atoms with Gasteiger partial charge in [0.05, 0.1) is 24.4 Å². The van der Waals surface area contributed by atoms with Gasteiger partial charge in [0, 0.05) is 13.7 Å². The summed E-state index contributed by atoms with van der Waals surface area (Å²) >= 11 is 0. The van der Waals surface area contributed by atoms with Crippen molar-refractivity contribution in [2.45, 2.75) is 38.3 Å². The van der Waals surface area contributed by atoms with Gasteiger partial charge in [-0.3, -0.25) is 0 Å². The van der Waals surface area contributed by atoms with E-state index < -0.39 is 0 Å². The van der Waals surface area contributed by atoms with Gasteiger partial charge in [0.15, 0.2) is 0 Å². The molecular weight excluding hydrogens is 194 g/mol. The van der Waals surface area contributed by atoms with Crippen LogP contribution in [0.5, 0.6) is 0 Å². The molecule has 0 spiro atoms. The molecular formula is C11H25NO3. The third-order valence-corrected chi connectivity index (χ3v) is 2.77. The maximum absolute atomic E-state index is 9.12. The molecule has 2 N–H and O–H groups in total. The van der Waals surface area contributed by atoms with E-state index in [1.807, 2.05) is 27.8 Å². The van der Waals surface area contributed by atoms with Crippen LogP contribution in [-0.4, -0.2) is 50.2 Å². The van der Waals surface area contributed by atoms with Crippen molar-refractivity contribution in [1.29, 1.82) is 0 Å². The van der Waals surface area contributed by atoms with Crippen molar-refractivity contribution in [2.24, 2.45) is 0 Å². The highest BCUT2D eigenvalue weighted by atomic mass is 16.5. The average Bonchev–Trinajstić information content (AvgIpc) is 2.24. The van der Waals surface area contributed by atoms with Crippen molar-refractivity contribution in [3.05, 3.63) is 0 Å². The van der Waals surface area contributed by atoms with Gasteiger partial charge in [0.2, 0.25) is 0 Å². The van der Waals surface area contributed by atoms with Gasteiger partial charge in [-0.05, 0) is 34.2 Å². The number of rotatable bonds is 8. The minimum atomic E-state index is -0.350. The summed E-state index contributed by atoms with van der Waals surface area (Å²) in [7, 11) is 3.52. The predicted molar refractivity (Wildman–Crippen MR) is 61.1 cm³/mol. The quantitative estimate of drug-likeness (QED) is 0.593. The van der Waals surface area contributed by atoms with E-state index in [2.05, 4.69) is 5.32 Å². The Balaban J connectivity index is 3.71. The van der Waals surface area contributed by atoms with Gasteiger partial charge in [-0.1, -0.05) is 0 Å².